The smallest absolute Gasteiger partial charge is 0.00388 e. The summed E-state index contributed by atoms with van der Waals surface area (Å²) in [6.07, 6.45) is 6.66. The zero-order chi connectivity index (χ0) is 5.11. The van der Waals surface area contributed by atoms with E-state index in [9.17, 15) is 0 Å². The predicted octanol–water partition coefficient (Wildman–Crippen LogP) is 2.71. The number of nitrogens with two attached hydrogens (primary N) is 1. The second-order valence-electron chi connectivity index (χ2n) is 2.40. The maximum Gasteiger partial charge on any atom is 0.00388 e. The van der Waals surface area contributed by atoms with Gasteiger partial charge in [0.15, 0.2) is 0 Å². The van der Waals surface area contributed by atoms with E-state index in [1.807, 2.05) is 0 Å². The van der Waals surface area contributed by atoms with E-state index in [1.165, 1.54) is 32.1 Å². The van der Waals surface area contributed by atoms with Crippen LogP contribution in [0.25, 0.3) is 0 Å². The highest BCUT2D eigenvalue weighted by molar-refractivity contribution is 5.86. The fourth-order valence-corrected chi connectivity index (χ4v) is 1.13. The normalized spacial score (nSPS) is 16.1. The first kappa shape index (κ1) is 22.6. The van der Waals surface area contributed by atoms with Crippen LogP contribution in [0.1, 0.15) is 32.1 Å². The van der Waals surface area contributed by atoms with Crippen LogP contribution in [0.2, 0.25) is 0 Å². The SMILES string of the molecule is Cl.Cl.Cl.N.NC1CCCCC1. The van der Waals surface area contributed by atoms with E-state index in [2.05, 4.69) is 0 Å². The van der Waals surface area contributed by atoms with Crippen molar-refractivity contribution in [2.45, 2.75) is 38.1 Å². The molecule has 5 N–H and O–H groups in total. The van der Waals surface area contributed by atoms with Gasteiger partial charge in [0.25, 0.3) is 0 Å². The van der Waals surface area contributed by atoms with Crippen molar-refractivity contribution >= 4 is 37.2 Å². The van der Waals surface area contributed by atoms with Crippen molar-refractivity contribution < 1.29 is 0 Å². The standard InChI is InChI=1S/C6H13N.3ClH.H3N/c7-6-4-2-1-3-5-6;;;;/h6H,1-5,7H2;3*1H;1H3. The quantitative estimate of drug-likeness (QED) is 0.666. The van der Waals surface area contributed by atoms with Gasteiger partial charge in [-0.3, -0.25) is 0 Å². The zero-order valence-electron chi connectivity index (χ0n) is 6.62. The van der Waals surface area contributed by atoms with Crippen molar-refractivity contribution in [2.24, 2.45) is 5.73 Å². The lowest BCUT2D eigenvalue weighted by Gasteiger charge is -2.15. The van der Waals surface area contributed by atoms with Gasteiger partial charge in [-0.2, -0.15) is 0 Å². The van der Waals surface area contributed by atoms with Gasteiger partial charge in [0.05, 0.1) is 0 Å². The molecule has 0 spiro atoms. The molecule has 0 aromatic rings. The minimum atomic E-state index is 0. The molecule has 74 valence electrons. The summed E-state index contributed by atoms with van der Waals surface area (Å²) in [4.78, 5) is 0. The maximum atomic E-state index is 5.63. The largest absolute Gasteiger partial charge is 0.344 e. The fourth-order valence-electron chi connectivity index (χ4n) is 1.13. The van der Waals surface area contributed by atoms with Gasteiger partial charge >= 0.3 is 0 Å². The minimum absolute atomic E-state index is 0. The van der Waals surface area contributed by atoms with E-state index in [0.717, 1.165) is 0 Å². The Hall–Kier alpha value is 0.790. The summed E-state index contributed by atoms with van der Waals surface area (Å²) < 4.78 is 0. The first-order valence-electron chi connectivity index (χ1n) is 3.15. The van der Waals surface area contributed by atoms with Crippen LogP contribution >= 0.6 is 37.2 Å². The van der Waals surface area contributed by atoms with Crippen LogP contribution in [0.3, 0.4) is 0 Å². The molecule has 5 heteroatoms. The molecule has 0 atom stereocenters. The highest BCUT2D eigenvalue weighted by Gasteiger charge is 2.06. The van der Waals surface area contributed by atoms with Crippen molar-refractivity contribution in [2.75, 3.05) is 0 Å². The molecular formula is C6H19Cl3N2. The van der Waals surface area contributed by atoms with Crippen LogP contribution in [0.4, 0.5) is 0 Å². The number of hydrogen-bond donors (Lipinski definition) is 2. The molecule has 0 aliphatic heterocycles. The van der Waals surface area contributed by atoms with Crippen molar-refractivity contribution in [3.8, 4) is 0 Å². The maximum absolute atomic E-state index is 5.63. The van der Waals surface area contributed by atoms with Gasteiger partial charge in [0.2, 0.25) is 0 Å². The third-order valence-electron chi connectivity index (χ3n) is 1.65. The van der Waals surface area contributed by atoms with Crippen molar-refractivity contribution in [1.82, 2.24) is 6.15 Å². The zero-order valence-corrected chi connectivity index (χ0v) is 9.07. The van der Waals surface area contributed by atoms with E-state index in [1.54, 1.807) is 0 Å². The van der Waals surface area contributed by atoms with Gasteiger partial charge < -0.3 is 11.9 Å². The Morgan fingerprint density at radius 1 is 0.818 bits per heavy atom. The summed E-state index contributed by atoms with van der Waals surface area (Å²) in [6, 6.07) is 0.536. The van der Waals surface area contributed by atoms with Gasteiger partial charge in [0.1, 0.15) is 0 Å². The molecule has 0 aromatic carbocycles. The van der Waals surface area contributed by atoms with Crippen molar-refractivity contribution in [1.29, 1.82) is 0 Å². The molecule has 0 bridgehead atoms. The molecule has 0 unspecified atom stereocenters. The highest BCUT2D eigenvalue weighted by atomic mass is 35.5. The van der Waals surface area contributed by atoms with Crippen molar-refractivity contribution in [3.63, 3.8) is 0 Å². The minimum Gasteiger partial charge on any atom is -0.344 e. The van der Waals surface area contributed by atoms with Gasteiger partial charge in [-0.05, 0) is 12.8 Å². The Morgan fingerprint density at radius 3 is 1.36 bits per heavy atom. The Bertz CT molecular complexity index is 57.8. The third kappa shape index (κ3) is 10.8. The molecular weight excluding hydrogens is 206 g/mol. The van der Waals surface area contributed by atoms with Crippen LogP contribution in [-0.4, -0.2) is 6.04 Å². The average Bonchev–Trinajstić information content (AvgIpc) is 1.69. The van der Waals surface area contributed by atoms with Crippen LogP contribution in [0, 0.1) is 0 Å². The molecule has 2 nitrogen and oxygen atoms in total. The van der Waals surface area contributed by atoms with Crippen LogP contribution in [0.15, 0.2) is 0 Å². The molecule has 0 saturated heterocycles. The van der Waals surface area contributed by atoms with Gasteiger partial charge in [-0.25, -0.2) is 0 Å². The molecule has 1 rings (SSSR count). The first-order chi connectivity index (χ1) is 3.39. The Morgan fingerprint density at radius 2 is 1.18 bits per heavy atom. The van der Waals surface area contributed by atoms with Gasteiger partial charge in [0, 0.05) is 6.04 Å². The second kappa shape index (κ2) is 13.4. The van der Waals surface area contributed by atoms with E-state index in [-0.39, 0.29) is 43.4 Å². The van der Waals surface area contributed by atoms with Crippen molar-refractivity contribution in [3.05, 3.63) is 0 Å². The van der Waals surface area contributed by atoms with Crippen LogP contribution in [-0.2, 0) is 0 Å². The Balaban J connectivity index is -0.0000000612. The number of hydrogen-bond acceptors (Lipinski definition) is 2. The lowest BCUT2D eigenvalue weighted by Crippen LogP contribution is -2.22. The van der Waals surface area contributed by atoms with Crippen LogP contribution < -0.4 is 11.9 Å². The van der Waals surface area contributed by atoms with E-state index >= 15 is 0 Å². The Labute approximate surface area is 87.5 Å². The molecule has 1 aliphatic rings. The lowest BCUT2D eigenvalue weighted by molar-refractivity contribution is 0.441. The molecule has 0 heterocycles. The topological polar surface area (TPSA) is 61.0 Å². The molecule has 1 aliphatic carbocycles. The summed E-state index contributed by atoms with van der Waals surface area (Å²) in [6.45, 7) is 0. The summed E-state index contributed by atoms with van der Waals surface area (Å²) in [5, 5.41) is 0. The summed E-state index contributed by atoms with van der Waals surface area (Å²) in [7, 11) is 0. The molecule has 0 aromatic heterocycles. The molecule has 0 radical (unpaired) electrons. The van der Waals surface area contributed by atoms with Gasteiger partial charge in [-0.1, -0.05) is 19.3 Å². The first-order valence-corrected chi connectivity index (χ1v) is 3.15. The van der Waals surface area contributed by atoms with E-state index < -0.39 is 0 Å². The van der Waals surface area contributed by atoms with Crippen LogP contribution in [0.5, 0.6) is 0 Å². The molecule has 1 saturated carbocycles. The molecule has 0 amide bonds. The van der Waals surface area contributed by atoms with E-state index in [4.69, 9.17) is 5.73 Å². The number of rotatable bonds is 0. The summed E-state index contributed by atoms with van der Waals surface area (Å²) in [5.74, 6) is 0. The lowest BCUT2D eigenvalue weighted by atomic mass is 9.97. The fraction of sp³-hybridized carbons (Fsp3) is 1.00. The monoisotopic (exact) mass is 224 g/mol. The second-order valence-corrected chi connectivity index (χ2v) is 2.40. The Kier molecular flexibility index (Phi) is 27.5. The average molecular weight is 226 g/mol. The van der Waals surface area contributed by atoms with E-state index in [0.29, 0.717) is 6.04 Å². The highest BCUT2D eigenvalue weighted by Crippen LogP contribution is 2.14. The predicted molar refractivity (Wildman–Crippen MR) is 57.8 cm³/mol. The molecule has 11 heavy (non-hydrogen) atoms. The number of halogens is 3. The van der Waals surface area contributed by atoms with Gasteiger partial charge in [-0.15, -0.1) is 37.2 Å². The summed E-state index contributed by atoms with van der Waals surface area (Å²) in [5.41, 5.74) is 5.63. The summed E-state index contributed by atoms with van der Waals surface area (Å²) >= 11 is 0. The third-order valence-corrected chi connectivity index (χ3v) is 1.65. The molecule has 1 fully saturated rings.